The average Bonchev–Trinajstić information content (AvgIpc) is 2.16. The normalized spacial score (nSPS) is 24.4. The first-order chi connectivity index (χ1) is 7.03. The number of rotatable bonds is 4. The third kappa shape index (κ3) is 4.81. The Morgan fingerprint density at radius 1 is 1.40 bits per heavy atom. The third-order valence-corrected chi connectivity index (χ3v) is 2.53. The molecule has 0 radical (unpaired) electrons. The quantitative estimate of drug-likeness (QED) is 0.777. The SMILES string of the molecule is NCC1COCCN1CCCC(F)(F)F. The van der Waals surface area contributed by atoms with Crippen LogP contribution in [0.4, 0.5) is 13.2 Å². The molecule has 0 bridgehead atoms. The molecule has 1 unspecified atom stereocenters. The molecule has 2 N–H and O–H groups in total. The lowest BCUT2D eigenvalue weighted by Crippen LogP contribution is -2.49. The number of hydrogen-bond acceptors (Lipinski definition) is 3. The van der Waals surface area contributed by atoms with Gasteiger partial charge in [-0.1, -0.05) is 0 Å². The summed E-state index contributed by atoms with van der Waals surface area (Å²) in [6.45, 7) is 2.68. The number of ether oxygens (including phenoxy) is 1. The van der Waals surface area contributed by atoms with E-state index < -0.39 is 12.6 Å². The number of halogens is 3. The first-order valence-corrected chi connectivity index (χ1v) is 5.11. The second kappa shape index (κ2) is 5.67. The van der Waals surface area contributed by atoms with E-state index in [2.05, 4.69) is 0 Å². The lowest BCUT2D eigenvalue weighted by Gasteiger charge is -2.34. The summed E-state index contributed by atoms with van der Waals surface area (Å²) in [5.74, 6) is 0. The Kier molecular flexibility index (Phi) is 4.82. The molecule has 1 rings (SSSR count). The van der Waals surface area contributed by atoms with Crippen molar-refractivity contribution in [3.05, 3.63) is 0 Å². The lowest BCUT2D eigenvalue weighted by atomic mass is 10.2. The molecule has 1 aliphatic heterocycles. The van der Waals surface area contributed by atoms with Crippen LogP contribution < -0.4 is 5.73 Å². The van der Waals surface area contributed by atoms with Crippen molar-refractivity contribution in [3.63, 3.8) is 0 Å². The largest absolute Gasteiger partial charge is 0.389 e. The molecule has 0 saturated carbocycles. The predicted octanol–water partition coefficient (Wildman–Crippen LogP) is 0.988. The van der Waals surface area contributed by atoms with Crippen LogP contribution in [0.2, 0.25) is 0 Å². The van der Waals surface area contributed by atoms with Gasteiger partial charge in [0.25, 0.3) is 0 Å². The van der Waals surface area contributed by atoms with E-state index >= 15 is 0 Å². The Hall–Kier alpha value is -0.330. The molecule has 0 aromatic carbocycles. The van der Waals surface area contributed by atoms with Crippen LogP contribution in [0, 0.1) is 0 Å². The van der Waals surface area contributed by atoms with Gasteiger partial charge in [-0.2, -0.15) is 13.2 Å². The van der Waals surface area contributed by atoms with E-state index in [4.69, 9.17) is 10.5 Å². The molecular formula is C9H17F3N2O. The third-order valence-electron chi connectivity index (χ3n) is 2.53. The van der Waals surface area contributed by atoms with E-state index in [0.717, 1.165) is 0 Å². The number of hydrogen-bond donors (Lipinski definition) is 1. The second-order valence-corrected chi connectivity index (χ2v) is 3.72. The summed E-state index contributed by atoms with van der Waals surface area (Å²) in [4.78, 5) is 1.98. The minimum Gasteiger partial charge on any atom is -0.378 e. The van der Waals surface area contributed by atoms with Crippen LogP contribution in [0.5, 0.6) is 0 Å². The molecule has 6 heteroatoms. The molecule has 90 valence electrons. The van der Waals surface area contributed by atoms with Gasteiger partial charge in [0.05, 0.1) is 13.2 Å². The fourth-order valence-corrected chi connectivity index (χ4v) is 1.68. The molecule has 0 amide bonds. The molecule has 3 nitrogen and oxygen atoms in total. The molecule has 1 heterocycles. The maximum atomic E-state index is 11.9. The maximum absolute atomic E-state index is 11.9. The molecule has 1 fully saturated rings. The van der Waals surface area contributed by atoms with Crippen molar-refractivity contribution in [1.82, 2.24) is 4.90 Å². The number of morpholine rings is 1. The van der Waals surface area contributed by atoms with E-state index in [1.165, 1.54) is 0 Å². The Balaban J connectivity index is 2.23. The van der Waals surface area contributed by atoms with Gasteiger partial charge in [-0.25, -0.2) is 0 Å². The lowest BCUT2D eigenvalue weighted by molar-refractivity contribution is -0.137. The van der Waals surface area contributed by atoms with Gasteiger partial charge < -0.3 is 10.5 Å². The smallest absolute Gasteiger partial charge is 0.378 e. The molecular weight excluding hydrogens is 209 g/mol. The fourth-order valence-electron chi connectivity index (χ4n) is 1.68. The van der Waals surface area contributed by atoms with E-state index in [0.29, 0.717) is 32.8 Å². The first kappa shape index (κ1) is 12.7. The van der Waals surface area contributed by atoms with Crippen molar-refractivity contribution in [2.75, 3.05) is 32.8 Å². The van der Waals surface area contributed by atoms with Crippen molar-refractivity contribution in [2.45, 2.75) is 25.1 Å². The van der Waals surface area contributed by atoms with Crippen LogP contribution in [0.3, 0.4) is 0 Å². The first-order valence-electron chi connectivity index (χ1n) is 5.11. The molecule has 0 aromatic rings. The van der Waals surface area contributed by atoms with Crippen molar-refractivity contribution >= 4 is 0 Å². The van der Waals surface area contributed by atoms with Crippen LogP contribution in [-0.4, -0.2) is 50.0 Å². The number of nitrogens with zero attached hydrogens (tertiary/aromatic N) is 1. The summed E-state index contributed by atoms with van der Waals surface area (Å²) < 4.78 is 41.0. The van der Waals surface area contributed by atoms with Crippen molar-refractivity contribution < 1.29 is 17.9 Å². The van der Waals surface area contributed by atoms with E-state index in [-0.39, 0.29) is 12.5 Å². The van der Waals surface area contributed by atoms with Crippen molar-refractivity contribution in [2.24, 2.45) is 5.73 Å². The van der Waals surface area contributed by atoms with Crippen LogP contribution >= 0.6 is 0 Å². The van der Waals surface area contributed by atoms with E-state index in [1.54, 1.807) is 0 Å². The summed E-state index contributed by atoms with van der Waals surface area (Å²) in [7, 11) is 0. The Bertz CT molecular complexity index is 187. The minimum absolute atomic E-state index is 0.0759. The van der Waals surface area contributed by atoms with Crippen LogP contribution in [-0.2, 0) is 4.74 Å². The Morgan fingerprint density at radius 3 is 2.73 bits per heavy atom. The fraction of sp³-hybridized carbons (Fsp3) is 1.00. The minimum atomic E-state index is -4.05. The zero-order valence-electron chi connectivity index (χ0n) is 8.59. The monoisotopic (exact) mass is 226 g/mol. The highest BCUT2D eigenvalue weighted by molar-refractivity contribution is 4.76. The topological polar surface area (TPSA) is 38.5 Å². The van der Waals surface area contributed by atoms with Gasteiger partial charge in [-0.15, -0.1) is 0 Å². The van der Waals surface area contributed by atoms with Crippen LogP contribution in [0.1, 0.15) is 12.8 Å². The van der Waals surface area contributed by atoms with Crippen molar-refractivity contribution in [3.8, 4) is 0 Å². The van der Waals surface area contributed by atoms with E-state index in [1.807, 2.05) is 4.90 Å². The summed E-state index contributed by atoms with van der Waals surface area (Å²) in [5.41, 5.74) is 5.51. The van der Waals surface area contributed by atoms with Gasteiger partial charge in [0.2, 0.25) is 0 Å². The highest BCUT2D eigenvalue weighted by atomic mass is 19.4. The average molecular weight is 226 g/mol. The Morgan fingerprint density at radius 2 is 2.13 bits per heavy atom. The molecule has 1 atom stereocenters. The summed E-state index contributed by atoms with van der Waals surface area (Å²) >= 11 is 0. The van der Waals surface area contributed by atoms with Gasteiger partial charge in [0.15, 0.2) is 0 Å². The second-order valence-electron chi connectivity index (χ2n) is 3.72. The molecule has 0 spiro atoms. The maximum Gasteiger partial charge on any atom is 0.389 e. The highest BCUT2D eigenvalue weighted by Gasteiger charge is 2.28. The van der Waals surface area contributed by atoms with Gasteiger partial charge in [-0.3, -0.25) is 4.90 Å². The molecule has 0 aliphatic carbocycles. The molecule has 1 aliphatic rings. The summed E-state index contributed by atoms with van der Waals surface area (Å²) in [6.07, 6.45) is -4.63. The number of alkyl halides is 3. The predicted molar refractivity (Wildman–Crippen MR) is 50.5 cm³/mol. The van der Waals surface area contributed by atoms with Gasteiger partial charge >= 0.3 is 6.18 Å². The highest BCUT2D eigenvalue weighted by Crippen LogP contribution is 2.21. The standard InChI is InChI=1S/C9H17F3N2O/c10-9(11,12)2-1-3-14-4-5-15-7-8(14)6-13/h8H,1-7,13H2. The van der Waals surface area contributed by atoms with Gasteiger partial charge in [0.1, 0.15) is 0 Å². The molecule has 0 aromatic heterocycles. The van der Waals surface area contributed by atoms with Gasteiger partial charge in [-0.05, 0) is 13.0 Å². The summed E-state index contributed by atoms with van der Waals surface area (Å²) in [6, 6.07) is 0.0759. The van der Waals surface area contributed by atoms with Crippen LogP contribution in [0.15, 0.2) is 0 Å². The Labute approximate surface area is 87.4 Å². The number of nitrogens with two attached hydrogens (primary N) is 1. The molecule has 15 heavy (non-hydrogen) atoms. The van der Waals surface area contributed by atoms with Crippen molar-refractivity contribution in [1.29, 1.82) is 0 Å². The zero-order chi connectivity index (χ0) is 11.3. The summed E-state index contributed by atoms with van der Waals surface area (Å²) in [5, 5.41) is 0. The zero-order valence-corrected chi connectivity index (χ0v) is 8.59. The van der Waals surface area contributed by atoms with Crippen LogP contribution in [0.25, 0.3) is 0 Å². The van der Waals surface area contributed by atoms with E-state index in [9.17, 15) is 13.2 Å². The van der Waals surface area contributed by atoms with Gasteiger partial charge in [0, 0.05) is 25.6 Å². The molecule has 1 saturated heterocycles.